The number of nitrogens with one attached hydrogen (secondary N) is 6. The molecular formula is C39H51N13O13S2. The van der Waals surface area contributed by atoms with Gasteiger partial charge in [-0.25, -0.2) is 9.97 Å². The third-order valence-corrected chi connectivity index (χ3v) is 10.8. The fraction of sp³-hybridized carbons (Fsp3) is 0.385. The zero-order valence-electron chi connectivity index (χ0n) is 36.1. The van der Waals surface area contributed by atoms with Crippen molar-refractivity contribution in [2.24, 2.45) is 21.6 Å². The Hall–Kier alpha value is -7.59. The van der Waals surface area contributed by atoms with Crippen LogP contribution in [0.25, 0.3) is 0 Å². The van der Waals surface area contributed by atoms with Crippen molar-refractivity contribution >= 4 is 92.0 Å². The van der Waals surface area contributed by atoms with Gasteiger partial charge in [-0.05, 0) is 50.3 Å². The Bertz CT molecular complexity index is 2420. The molecule has 0 aliphatic carbocycles. The van der Waals surface area contributed by atoms with Crippen molar-refractivity contribution in [1.82, 2.24) is 36.1 Å². The number of carbonyl (C=O) groups excluding carboxylic acids is 6. The molecule has 1 unspecified atom stereocenters. The van der Waals surface area contributed by atoms with Gasteiger partial charge in [-0.2, -0.15) is 13.5 Å². The summed E-state index contributed by atoms with van der Waals surface area (Å²) in [4.78, 5) is 113. The van der Waals surface area contributed by atoms with Gasteiger partial charge in [0.2, 0.25) is 29.5 Å². The fourth-order valence-electron chi connectivity index (χ4n) is 5.97. The van der Waals surface area contributed by atoms with Crippen LogP contribution < -0.4 is 43.5 Å². The molecule has 362 valence electrons. The Labute approximate surface area is 387 Å². The minimum atomic E-state index is -4.47. The van der Waals surface area contributed by atoms with Gasteiger partial charge >= 0.3 is 5.97 Å². The van der Waals surface area contributed by atoms with E-state index in [1.165, 1.54) is 55.2 Å². The number of fused-ring (bicyclic) bond motifs is 2. The standard InChI is InChI=1S/C37H47N13O11S2.C2H4O2/c1-50-26(9-6-14-41-36(38)39)34(57)43-19-30(52)47-25(16-31(53)54)33(56)48-37-45-23(20-62-37)15-29(51)46-24(35(50)58)8-4-5-13-40-32(55)22-11-12-28(42-17-22)49-44-18-21-7-2-3-10-27(21)63(59,60)61;1-2(3)4/h2-3,7,10-12,17-18,20,24-26H,4-6,8-9,13-16,19H2,1H3,(H,40,55)(H,42,49)(H,43,57)(H,46,51)(H,47,52)(H,53,54)(H4,38,39,41)(H,45,48,56)(H,59,60,61);1H3,(H,3,4)/t24?,25-,26-;/m0./s1. The number of rotatable bonds is 16. The van der Waals surface area contributed by atoms with Crippen molar-refractivity contribution in [3.05, 3.63) is 64.8 Å². The molecule has 0 spiro atoms. The summed E-state index contributed by atoms with van der Waals surface area (Å²) in [5, 5.41) is 34.8. The quantitative estimate of drug-likeness (QED) is 0.0266. The van der Waals surface area contributed by atoms with Crippen LogP contribution in [0.3, 0.4) is 0 Å². The summed E-state index contributed by atoms with van der Waals surface area (Å²) in [6, 6.07) is 4.73. The molecule has 26 nitrogen and oxygen atoms in total. The van der Waals surface area contributed by atoms with Crippen molar-refractivity contribution in [2.75, 3.05) is 37.4 Å². The number of anilines is 2. The average Bonchev–Trinajstić information content (AvgIpc) is 3.69. The maximum absolute atomic E-state index is 14.1. The second-order valence-electron chi connectivity index (χ2n) is 14.4. The molecule has 0 saturated carbocycles. The summed E-state index contributed by atoms with van der Waals surface area (Å²) in [6.45, 7) is 0.676. The summed E-state index contributed by atoms with van der Waals surface area (Å²) in [6.07, 6.45) is 2.38. The molecule has 1 aromatic carbocycles. The van der Waals surface area contributed by atoms with E-state index < -0.39 is 88.6 Å². The van der Waals surface area contributed by atoms with Gasteiger partial charge in [0.25, 0.3) is 22.0 Å². The largest absolute Gasteiger partial charge is 0.481 e. The highest BCUT2D eigenvalue weighted by Crippen LogP contribution is 2.18. The number of thiazole rings is 1. The molecule has 3 heterocycles. The Morgan fingerprint density at radius 3 is 2.33 bits per heavy atom. The van der Waals surface area contributed by atoms with E-state index in [9.17, 15) is 51.6 Å². The number of guanidine groups is 1. The van der Waals surface area contributed by atoms with E-state index in [2.05, 4.69) is 52.1 Å². The predicted molar refractivity (Wildman–Crippen MR) is 241 cm³/mol. The first-order valence-electron chi connectivity index (χ1n) is 20.1. The van der Waals surface area contributed by atoms with Crippen LogP contribution >= 0.6 is 11.3 Å². The highest BCUT2D eigenvalue weighted by molar-refractivity contribution is 7.86. The number of aromatic nitrogens is 2. The molecule has 2 bridgehead atoms. The van der Waals surface area contributed by atoms with Gasteiger partial charge in [0.15, 0.2) is 11.1 Å². The predicted octanol–water partition coefficient (Wildman–Crippen LogP) is -1.14. The number of nitrogens with zero attached hydrogens (tertiary/aromatic N) is 5. The van der Waals surface area contributed by atoms with Crippen molar-refractivity contribution in [1.29, 1.82) is 0 Å². The van der Waals surface area contributed by atoms with Gasteiger partial charge in [-0.15, -0.1) is 11.3 Å². The molecule has 13 N–H and O–H groups in total. The minimum Gasteiger partial charge on any atom is -0.481 e. The maximum atomic E-state index is 14.1. The van der Waals surface area contributed by atoms with Gasteiger partial charge in [0.1, 0.15) is 28.8 Å². The van der Waals surface area contributed by atoms with E-state index >= 15 is 0 Å². The number of hydrazone groups is 1. The van der Waals surface area contributed by atoms with Crippen LogP contribution in [0.4, 0.5) is 10.9 Å². The number of nitrogens with two attached hydrogens (primary N) is 2. The molecular weight excluding hydrogens is 923 g/mol. The zero-order chi connectivity index (χ0) is 49.7. The smallest absolute Gasteiger partial charge is 0.305 e. The molecule has 3 aromatic rings. The van der Waals surface area contributed by atoms with Gasteiger partial charge in [-0.1, -0.05) is 18.2 Å². The van der Waals surface area contributed by atoms with Crippen LogP contribution in [0, 0.1) is 0 Å². The van der Waals surface area contributed by atoms with E-state index in [1.807, 2.05) is 0 Å². The monoisotopic (exact) mass is 973 g/mol. The van der Waals surface area contributed by atoms with E-state index in [4.69, 9.17) is 21.4 Å². The van der Waals surface area contributed by atoms with Gasteiger partial charge in [0, 0.05) is 44.2 Å². The Balaban J connectivity index is 0.00000285. The zero-order valence-corrected chi connectivity index (χ0v) is 37.8. The van der Waals surface area contributed by atoms with Gasteiger partial charge in [0.05, 0.1) is 36.9 Å². The van der Waals surface area contributed by atoms with Crippen LogP contribution in [-0.4, -0.2) is 142 Å². The highest BCUT2D eigenvalue weighted by Gasteiger charge is 2.33. The second kappa shape index (κ2) is 26.4. The van der Waals surface area contributed by atoms with Crippen LogP contribution in [-0.2, 0) is 50.1 Å². The van der Waals surface area contributed by atoms with Crippen molar-refractivity contribution in [3.8, 4) is 0 Å². The van der Waals surface area contributed by atoms with Gasteiger partial charge < -0.3 is 53.2 Å². The number of benzene rings is 1. The van der Waals surface area contributed by atoms with E-state index in [-0.39, 0.29) is 77.4 Å². The number of carboxylic acid groups (broad SMARTS) is 2. The summed E-state index contributed by atoms with van der Waals surface area (Å²) < 4.78 is 32.6. The highest BCUT2D eigenvalue weighted by atomic mass is 32.2. The molecule has 0 fully saturated rings. The number of carboxylic acids is 2. The van der Waals surface area contributed by atoms with E-state index in [0.29, 0.717) is 12.8 Å². The second-order valence-corrected chi connectivity index (χ2v) is 16.6. The summed E-state index contributed by atoms with van der Waals surface area (Å²) in [7, 11) is -3.12. The number of unbranched alkanes of at least 4 members (excludes halogenated alkanes) is 1. The number of aliphatic imine (C=N–C) groups is 1. The normalized spacial score (nSPS) is 17.3. The molecule has 6 amide bonds. The summed E-state index contributed by atoms with van der Waals surface area (Å²) in [5.74, 6) is -6.42. The number of aliphatic carboxylic acids is 2. The van der Waals surface area contributed by atoms with Crippen molar-refractivity contribution < 1.29 is 61.5 Å². The maximum Gasteiger partial charge on any atom is 0.305 e. The lowest BCUT2D eigenvalue weighted by Gasteiger charge is -2.31. The number of hydrogen-bond donors (Lipinski definition) is 11. The SMILES string of the molecule is CC(=O)O.CN1C(=O)C(CCCCNC(=O)c2ccc(NN=Cc3ccccc3S(=O)(=O)O)nc2)NC(=O)Cc2csc(n2)NC(=O)[C@H](CC(=O)O)NC(=O)CNC(=O)[C@@H]1CCCN=C(N)N. The molecule has 2 aromatic heterocycles. The molecule has 1 aliphatic heterocycles. The lowest BCUT2D eigenvalue weighted by Crippen LogP contribution is -2.55. The van der Waals surface area contributed by atoms with Gasteiger partial charge in [-0.3, -0.25) is 53.3 Å². The number of pyridine rings is 1. The molecule has 28 heteroatoms. The number of amides is 6. The van der Waals surface area contributed by atoms with Crippen molar-refractivity contribution in [3.63, 3.8) is 0 Å². The Kier molecular flexibility index (Phi) is 21.2. The van der Waals surface area contributed by atoms with Crippen LogP contribution in [0.1, 0.15) is 67.1 Å². The first-order chi connectivity index (χ1) is 31.6. The van der Waals surface area contributed by atoms with Crippen LogP contribution in [0.5, 0.6) is 0 Å². The number of likely N-dealkylation sites (N-methyl/N-ethyl adjacent to an activating group) is 1. The number of hydrogen-bond acceptors (Lipinski definition) is 16. The molecule has 1 aliphatic rings. The lowest BCUT2D eigenvalue weighted by atomic mass is 10.0. The molecule has 0 radical (unpaired) electrons. The van der Waals surface area contributed by atoms with Crippen LogP contribution in [0.2, 0.25) is 0 Å². The Morgan fingerprint density at radius 1 is 0.970 bits per heavy atom. The average molecular weight is 974 g/mol. The third kappa shape index (κ3) is 19.2. The summed E-state index contributed by atoms with van der Waals surface area (Å²) >= 11 is 0.950. The van der Waals surface area contributed by atoms with E-state index in [0.717, 1.165) is 23.2 Å². The Morgan fingerprint density at radius 2 is 1.67 bits per heavy atom. The van der Waals surface area contributed by atoms with Crippen LogP contribution in [0.15, 0.2) is 63.0 Å². The first-order valence-corrected chi connectivity index (χ1v) is 22.4. The lowest BCUT2D eigenvalue weighted by molar-refractivity contribution is -0.142. The fourth-order valence-corrected chi connectivity index (χ4v) is 7.36. The topological polar surface area (TPSA) is 409 Å². The summed E-state index contributed by atoms with van der Waals surface area (Å²) in [5.41, 5.74) is 14.0. The first kappa shape index (κ1) is 53.7. The molecule has 0 saturated heterocycles. The molecule has 3 atom stereocenters. The number of carbonyl (C=O) groups is 8. The third-order valence-electron chi connectivity index (χ3n) is 9.07. The molecule has 67 heavy (non-hydrogen) atoms. The van der Waals surface area contributed by atoms with Crippen molar-refractivity contribution in [2.45, 2.75) is 74.9 Å². The minimum absolute atomic E-state index is 0.0233. The molecule has 4 rings (SSSR count). The van der Waals surface area contributed by atoms with E-state index in [1.54, 1.807) is 6.07 Å².